The molecular formula is C14H24N2O. The molecule has 2 N–H and O–H groups in total. The van der Waals surface area contributed by atoms with E-state index < -0.39 is 0 Å². The Balaban J connectivity index is 1.82. The van der Waals surface area contributed by atoms with Gasteiger partial charge in [0.1, 0.15) is 11.5 Å². The highest BCUT2D eigenvalue weighted by Crippen LogP contribution is 2.24. The molecule has 3 heteroatoms. The van der Waals surface area contributed by atoms with Crippen molar-refractivity contribution in [3.63, 3.8) is 0 Å². The monoisotopic (exact) mass is 236 g/mol. The maximum Gasteiger partial charge on any atom is 0.118 e. The Kier molecular flexibility index (Phi) is 4.24. The van der Waals surface area contributed by atoms with Gasteiger partial charge < -0.3 is 10.2 Å². The molecule has 1 aliphatic carbocycles. The Bertz CT molecular complexity index is 348. The van der Waals surface area contributed by atoms with Gasteiger partial charge in [0.2, 0.25) is 0 Å². The fourth-order valence-corrected chi connectivity index (χ4v) is 2.76. The molecule has 1 heterocycles. The van der Waals surface area contributed by atoms with Crippen LogP contribution in [0.4, 0.5) is 0 Å². The van der Waals surface area contributed by atoms with Crippen molar-refractivity contribution in [2.24, 2.45) is 11.7 Å². The van der Waals surface area contributed by atoms with Gasteiger partial charge in [0.25, 0.3) is 0 Å². The Morgan fingerprint density at radius 2 is 2.12 bits per heavy atom. The summed E-state index contributed by atoms with van der Waals surface area (Å²) < 4.78 is 5.60. The second-order valence-corrected chi connectivity index (χ2v) is 5.42. The van der Waals surface area contributed by atoms with Gasteiger partial charge in [-0.25, -0.2) is 0 Å². The van der Waals surface area contributed by atoms with E-state index in [1.165, 1.54) is 25.7 Å². The standard InChI is InChI=1S/C14H24N2O/c1-11-7-8-13(17-11)10-16(2)9-12-5-3-4-6-14(12)15/h7-8,12,14H,3-6,9-10,15H2,1-2H3. The first-order chi connectivity index (χ1) is 8.15. The van der Waals surface area contributed by atoms with E-state index >= 15 is 0 Å². The predicted molar refractivity (Wildman–Crippen MR) is 69.7 cm³/mol. The maximum absolute atomic E-state index is 6.17. The molecular weight excluding hydrogens is 212 g/mol. The maximum atomic E-state index is 6.17. The topological polar surface area (TPSA) is 42.4 Å². The average molecular weight is 236 g/mol. The van der Waals surface area contributed by atoms with Gasteiger partial charge in [-0.3, -0.25) is 4.90 Å². The number of hydrogen-bond acceptors (Lipinski definition) is 3. The molecule has 1 aromatic heterocycles. The molecule has 1 aliphatic rings. The fraction of sp³-hybridized carbons (Fsp3) is 0.714. The van der Waals surface area contributed by atoms with Gasteiger partial charge in [-0.15, -0.1) is 0 Å². The molecule has 0 bridgehead atoms. The quantitative estimate of drug-likeness (QED) is 0.873. The molecule has 1 fully saturated rings. The number of furan rings is 1. The van der Waals surface area contributed by atoms with Gasteiger partial charge in [0.05, 0.1) is 6.54 Å². The third kappa shape index (κ3) is 3.58. The van der Waals surface area contributed by atoms with E-state index in [1.54, 1.807) is 0 Å². The second kappa shape index (κ2) is 5.69. The predicted octanol–water partition coefficient (Wildman–Crippen LogP) is 2.54. The normalized spacial score (nSPS) is 25.4. The summed E-state index contributed by atoms with van der Waals surface area (Å²) in [7, 11) is 2.15. The Hall–Kier alpha value is -0.800. The lowest BCUT2D eigenvalue weighted by Crippen LogP contribution is -2.39. The Morgan fingerprint density at radius 1 is 1.35 bits per heavy atom. The molecule has 1 saturated carbocycles. The van der Waals surface area contributed by atoms with E-state index in [-0.39, 0.29) is 0 Å². The number of nitrogens with two attached hydrogens (primary N) is 1. The summed E-state index contributed by atoms with van der Waals surface area (Å²) in [5.74, 6) is 2.70. The average Bonchev–Trinajstić information content (AvgIpc) is 2.67. The third-order valence-corrected chi connectivity index (χ3v) is 3.74. The van der Waals surface area contributed by atoms with Crippen LogP contribution in [0.2, 0.25) is 0 Å². The van der Waals surface area contributed by atoms with Crippen LogP contribution in [0.5, 0.6) is 0 Å². The fourth-order valence-electron chi connectivity index (χ4n) is 2.76. The van der Waals surface area contributed by atoms with Crippen LogP contribution in [-0.2, 0) is 6.54 Å². The molecule has 1 aromatic rings. The first kappa shape index (κ1) is 12.7. The SMILES string of the molecule is Cc1ccc(CN(C)CC2CCCCC2N)o1. The van der Waals surface area contributed by atoms with Gasteiger partial charge >= 0.3 is 0 Å². The summed E-state index contributed by atoms with van der Waals surface area (Å²) in [6, 6.07) is 4.48. The first-order valence-electron chi connectivity index (χ1n) is 6.64. The lowest BCUT2D eigenvalue weighted by atomic mass is 9.85. The van der Waals surface area contributed by atoms with Crippen LogP contribution in [0.15, 0.2) is 16.5 Å². The van der Waals surface area contributed by atoms with Gasteiger partial charge in [-0.2, -0.15) is 0 Å². The van der Waals surface area contributed by atoms with E-state index in [0.717, 1.165) is 24.6 Å². The van der Waals surface area contributed by atoms with E-state index in [0.29, 0.717) is 12.0 Å². The number of hydrogen-bond donors (Lipinski definition) is 1. The van der Waals surface area contributed by atoms with Crippen LogP contribution in [0.3, 0.4) is 0 Å². The second-order valence-electron chi connectivity index (χ2n) is 5.42. The van der Waals surface area contributed by atoms with Crippen molar-refractivity contribution >= 4 is 0 Å². The van der Waals surface area contributed by atoms with Gasteiger partial charge in [0.15, 0.2) is 0 Å². The van der Waals surface area contributed by atoms with Crippen molar-refractivity contribution in [1.29, 1.82) is 0 Å². The van der Waals surface area contributed by atoms with Crippen molar-refractivity contribution in [3.05, 3.63) is 23.7 Å². The molecule has 0 aromatic carbocycles. The Labute approximate surface area is 104 Å². The Morgan fingerprint density at radius 3 is 2.76 bits per heavy atom. The highest BCUT2D eigenvalue weighted by atomic mass is 16.3. The summed E-state index contributed by atoms with van der Waals surface area (Å²) >= 11 is 0. The minimum Gasteiger partial charge on any atom is -0.465 e. The summed E-state index contributed by atoms with van der Waals surface area (Å²) in [4.78, 5) is 2.33. The van der Waals surface area contributed by atoms with Gasteiger partial charge in [-0.1, -0.05) is 12.8 Å². The minimum absolute atomic E-state index is 0.393. The molecule has 0 radical (unpaired) electrons. The number of nitrogens with zero attached hydrogens (tertiary/aromatic N) is 1. The third-order valence-electron chi connectivity index (χ3n) is 3.74. The zero-order valence-corrected chi connectivity index (χ0v) is 11.0. The van der Waals surface area contributed by atoms with E-state index in [9.17, 15) is 0 Å². The first-order valence-corrected chi connectivity index (χ1v) is 6.64. The van der Waals surface area contributed by atoms with Crippen LogP contribution in [-0.4, -0.2) is 24.5 Å². The lowest BCUT2D eigenvalue weighted by Gasteiger charge is -2.31. The van der Waals surface area contributed by atoms with Crippen LogP contribution in [0, 0.1) is 12.8 Å². The molecule has 2 rings (SSSR count). The van der Waals surface area contributed by atoms with Crippen molar-refractivity contribution in [2.75, 3.05) is 13.6 Å². The van der Waals surface area contributed by atoms with Crippen LogP contribution in [0.25, 0.3) is 0 Å². The van der Waals surface area contributed by atoms with Crippen molar-refractivity contribution in [3.8, 4) is 0 Å². The zero-order valence-electron chi connectivity index (χ0n) is 11.0. The molecule has 2 atom stereocenters. The smallest absolute Gasteiger partial charge is 0.118 e. The van der Waals surface area contributed by atoms with Gasteiger partial charge in [0, 0.05) is 12.6 Å². The number of aryl methyl sites for hydroxylation is 1. The summed E-state index contributed by atoms with van der Waals surface area (Å²) in [6.07, 6.45) is 5.12. The molecule has 2 unspecified atom stereocenters. The van der Waals surface area contributed by atoms with Gasteiger partial charge in [-0.05, 0) is 44.9 Å². The van der Waals surface area contributed by atoms with Crippen LogP contribution >= 0.6 is 0 Å². The zero-order chi connectivity index (χ0) is 12.3. The summed E-state index contributed by atoms with van der Waals surface area (Å²) in [6.45, 7) is 3.96. The number of rotatable bonds is 4. The molecule has 3 nitrogen and oxygen atoms in total. The van der Waals surface area contributed by atoms with Crippen molar-refractivity contribution in [1.82, 2.24) is 4.90 Å². The van der Waals surface area contributed by atoms with Crippen molar-refractivity contribution in [2.45, 2.75) is 45.2 Å². The molecule has 96 valence electrons. The molecule has 17 heavy (non-hydrogen) atoms. The summed E-state index contributed by atoms with van der Waals surface area (Å²) in [5.41, 5.74) is 6.17. The molecule has 0 spiro atoms. The molecule has 0 saturated heterocycles. The van der Waals surface area contributed by atoms with Crippen LogP contribution < -0.4 is 5.73 Å². The molecule has 0 aliphatic heterocycles. The van der Waals surface area contributed by atoms with E-state index in [2.05, 4.69) is 18.0 Å². The summed E-state index contributed by atoms with van der Waals surface area (Å²) in [5, 5.41) is 0. The molecule has 0 amide bonds. The minimum atomic E-state index is 0.393. The highest BCUT2D eigenvalue weighted by Gasteiger charge is 2.23. The highest BCUT2D eigenvalue weighted by molar-refractivity contribution is 5.05. The van der Waals surface area contributed by atoms with Crippen LogP contribution in [0.1, 0.15) is 37.2 Å². The lowest BCUT2D eigenvalue weighted by molar-refractivity contribution is 0.196. The van der Waals surface area contributed by atoms with E-state index in [1.807, 2.05) is 13.0 Å². The van der Waals surface area contributed by atoms with Crippen molar-refractivity contribution < 1.29 is 4.42 Å². The van der Waals surface area contributed by atoms with E-state index in [4.69, 9.17) is 10.2 Å². The largest absolute Gasteiger partial charge is 0.465 e.